The van der Waals surface area contributed by atoms with Crippen LogP contribution in [0.15, 0.2) is 18.5 Å². The van der Waals surface area contributed by atoms with Crippen LogP contribution in [0.1, 0.15) is 32.4 Å². The van der Waals surface area contributed by atoms with Crippen molar-refractivity contribution in [3.8, 4) is 11.3 Å². The monoisotopic (exact) mass is 442 g/mol. The molecule has 2 aliphatic rings. The topological polar surface area (TPSA) is 108 Å². The molecule has 2 aromatic heterocycles. The molecule has 1 saturated heterocycles. The number of anilines is 2. The van der Waals surface area contributed by atoms with E-state index in [9.17, 15) is 4.79 Å². The molecule has 31 heavy (non-hydrogen) atoms. The fourth-order valence-corrected chi connectivity index (χ4v) is 4.28. The number of amides is 1. The van der Waals surface area contributed by atoms with Crippen molar-refractivity contribution >= 4 is 40.2 Å². The van der Waals surface area contributed by atoms with Crippen LogP contribution < -0.4 is 10.6 Å². The Balaban J connectivity index is 1.59. The Labute approximate surface area is 184 Å². The average Bonchev–Trinajstić information content (AvgIpc) is 3.23. The van der Waals surface area contributed by atoms with Gasteiger partial charge in [0.1, 0.15) is 29.5 Å². The molecule has 2 N–H and O–H groups in total. The van der Waals surface area contributed by atoms with Crippen LogP contribution in [-0.4, -0.2) is 51.2 Å². The first-order valence-electron chi connectivity index (χ1n) is 10.1. The number of aromatic nitrogens is 4. The maximum atomic E-state index is 12.6. The van der Waals surface area contributed by atoms with Gasteiger partial charge in [0.15, 0.2) is 5.65 Å². The lowest BCUT2D eigenvalue weighted by molar-refractivity contribution is -0.0268. The van der Waals surface area contributed by atoms with E-state index in [4.69, 9.17) is 31.9 Å². The van der Waals surface area contributed by atoms with Crippen molar-refractivity contribution < 1.29 is 14.3 Å². The van der Waals surface area contributed by atoms with Gasteiger partial charge in [0.25, 0.3) is 0 Å². The molecular formula is C21H23ClN6O3. The molecular weight excluding hydrogens is 420 g/mol. The number of nitrogens with two attached hydrogens (primary N) is 1. The zero-order valence-electron chi connectivity index (χ0n) is 17.6. The van der Waals surface area contributed by atoms with Gasteiger partial charge < -0.3 is 15.2 Å². The van der Waals surface area contributed by atoms with E-state index >= 15 is 0 Å². The first kappa shape index (κ1) is 20.0. The van der Waals surface area contributed by atoms with E-state index in [1.807, 2.05) is 37.6 Å². The summed E-state index contributed by atoms with van der Waals surface area (Å²) in [6.07, 6.45) is 1.68. The van der Waals surface area contributed by atoms with Gasteiger partial charge in [0.05, 0.1) is 29.3 Å². The minimum Gasteiger partial charge on any atom is -0.443 e. The Morgan fingerprint density at radius 1 is 1.29 bits per heavy atom. The molecule has 3 aromatic rings. The number of nitrogen functional groups attached to an aromatic ring is 1. The third-order valence-electron chi connectivity index (χ3n) is 5.45. The maximum Gasteiger partial charge on any atom is 0.414 e. The Hall–Kier alpha value is -2.91. The molecule has 4 heterocycles. The molecule has 0 unspecified atom stereocenters. The first-order valence-corrected chi connectivity index (χ1v) is 10.5. The molecule has 0 bridgehead atoms. The van der Waals surface area contributed by atoms with Crippen LogP contribution in [0.3, 0.4) is 0 Å². The summed E-state index contributed by atoms with van der Waals surface area (Å²) in [6.45, 7) is 7.19. The maximum absolute atomic E-state index is 12.6. The molecule has 0 atom stereocenters. The van der Waals surface area contributed by atoms with Crippen LogP contribution in [0.2, 0.25) is 5.02 Å². The second kappa shape index (κ2) is 7.06. The number of halogens is 1. The highest BCUT2D eigenvalue weighted by Crippen LogP contribution is 2.43. The smallest absolute Gasteiger partial charge is 0.414 e. The molecule has 1 aromatic carbocycles. The minimum absolute atomic E-state index is 0.0985. The minimum atomic E-state index is -0.571. The van der Waals surface area contributed by atoms with Crippen molar-refractivity contribution in [3.05, 3.63) is 29.0 Å². The molecule has 9 nitrogen and oxygen atoms in total. The number of rotatable bonds is 2. The van der Waals surface area contributed by atoms with Gasteiger partial charge in [-0.05, 0) is 44.9 Å². The van der Waals surface area contributed by atoms with Gasteiger partial charge in [-0.25, -0.2) is 19.4 Å². The van der Waals surface area contributed by atoms with Crippen molar-refractivity contribution in [2.45, 2.75) is 38.8 Å². The predicted molar refractivity (Wildman–Crippen MR) is 117 cm³/mol. The summed E-state index contributed by atoms with van der Waals surface area (Å²) in [6, 6.07) is 3.84. The highest BCUT2D eigenvalue weighted by molar-refractivity contribution is 6.35. The number of carbonyl (C=O) groups excluding carboxylic acids is 1. The molecule has 1 amide bonds. The second-order valence-corrected chi connectivity index (χ2v) is 9.13. The van der Waals surface area contributed by atoms with Crippen molar-refractivity contribution in [1.82, 2.24) is 19.7 Å². The van der Waals surface area contributed by atoms with Crippen molar-refractivity contribution in [1.29, 1.82) is 0 Å². The quantitative estimate of drug-likeness (QED) is 0.645. The van der Waals surface area contributed by atoms with Gasteiger partial charge >= 0.3 is 6.09 Å². The number of nitrogens with zero attached hydrogens (tertiary/aromatic N) is 5. The van der Waals surface area contributed by atoms with Crippen LogP contribution >= 0.6 is 11.6 Å². The molecule has 0 saturated carbocycles. The number of hydrogen-bond donors (Lipinski definition) is 1. The summed E-state index contributed by atoms with van der Waals surface area (Å²) < 4.78 is 12.7. The number of benzene rings is 1. The third-order valence-corrected chi connectivity index (χ3v) is 5.88. The van der Waals surface area contributed by atoms with Gasteiger partial charge in [0, 0.05) is 12.1 Å². The highest BCUT2D eigenvalue weighted by atomic mass is 35.5. The van der Waals surface area contributed by atoms with Gasteiger partial charge in [-0.2, -0.15) is 5.10 Å². The molecule has 5 rings (SSSR count). The summed E-state index contributed by atoms with van der Waals surface area (Å²) in [5, 5.41) is 6.01. The number of carbonyl (C=O) groups is 1. The standard InChI is InChI=1S/C21H23ClN6O3/c1-21(2,3)31-20(29)27-7-6-12-14(27)5-4-13(16(12)22)17-15-18(23)24-10-25-19(15)28(26-17)11-8-30-9-11/h4-5,10-11H,6-9H2,1-3H3,(H2,23,24,25). The average molecular weight is 443 g/mol. The molecule has 0 aliphatic carbocycles. The largest absolute Gasteiger partial charge is 0.443 e. The molecule has 10 heteroatoms. The normalized spacial score (nSPS) is 16.5. The van der Waals surface area contributed by atoms with Crippen molar-refractivity contribution in [2.75, 3.05) is 30.4 Å². The lowest BCUT2D eigenvalue weighted by Crippen LogP contribution is -2.35. The van der Waals surface area contributed by atoms with E-state index in [2.05, 4.69) is 9.97 Å². The fourth-order valence-electron chi connectivity index (χ4n) is 3.94. The number of ether oxygens (including phenoxy) is 2. The van der Waals surface area contributed by atoms with Crippen molar-refractivity contribution in [3.63, 3.8) is 0 Å². The number of hydrogen-bond acceptors (Lipinski definition) is 7. The van der Waals surface area contributed by atoms with Gasteiger partial charge in [-0.3, -0.25) is 4.90 Å². The van der Waals surface area contributed by atoms with Crippen molar-refractivity contribution in [2.24, 2.45) is 0 Å². The van der Waals surface area contributed by atoms with E-state index in [-0.39, 0.29) is 12.1 Å². The van der Waals surface area contributed by atoms with E-state index in [1.165, 1.54) is 6.33 Å². The summed E-state index contributed by atoms with van der Waals surface area (Å²) in [7, 11) is 0. The zero-order chi connectivity index (χ0) is 21.9. The summed E-state index contributed by atoms with van der Waals surface area (Å²) in [5.74, 6) is 0.346. The van der Waals surface area contributed by atoms with E-state index < -0.39 is 5.60 Å². The SMILES string of the molecule is CC(C)(C)OC(=O)N1CCc2c1ccc(-c1nn(C3COC3)c3ncnc(N)c13)c2Cl. The fraction of sp³-hybridized carbons (Fsp3) is 0.429. The summed E-state index contributed by atoms with van der Waals surface area (Å²) in [4.78, 5) is 22.8. The predicted octanol–water partition coefficient (Wildman–Crippen LogP) is 3.60. The van der Waals surface area contributed by atoms with Gasteiger partial charge in [-0.1, -0.05) is 11.6 Å². The Kier molecular flexibility index (Phi) is 4.56. The summed E-state index contributed by atoms with van der Waals surface area (Å²) >= 11 is 6.85. The Morgan fingerprint density at radius 2 is 2.06 bits per heavy atom. The highest BCUT2D eigenvalue weighted by Gasteiger charge is 2.33. The third kappa shape index (κ3) is 3.28. The van der Waals surface area contributed by atoms with Crippen LogP contribution in [0.4, 0.5) is 16.3 Å². The van der Waals surface area contributed by atoms with Gasteiger partial charge in [-0.15, -0.1) is 0 Å². The van der Waals surface area contributed by atoms with E-state index in [0.717, 1.165) is 16.8 Å². The van der Waals surface area contributed by atoms with E-state index in [1.54, 1.807) is 4.90 Å². The van der Waals surface area contributed by atoms with Crippen LogP contribution in [-0.2, 0) is 15.9 Å². The lowest BCUT2D eigenvalue weighted by Gasteiger charge is -2.26. The molecule has 0 spiro atoms. The molecule has 0 radical (unpaired) electrons. The number of fused-ring (bicyclic) bond motifs is 2. The van der Waals surface area contributed by atoms with Crippen LogP contribution in [0.25, 0.3) is 22.3 Å². The molecule has 2 aliphatic heterocycles. The Morgan fingerprint density at radius 3 is 2.74 bits per heavy atom. The zero-order valence-corrected chi connectivity index (χ0v) is 18.3. The van der Waals surface area contributed by atoms with E-state index in [0.29, 0.717) is 53.7 Å². The van der Waals surface area contributed by atoms with Crippen LogP contribution in [0.5, 0.6) is 0 Å². The van der Waals surface area contributed by atoms with Crippen LogP contribution in [0, 0.1) is 0 Å². The Bertz CT molecular complexity index is 1200. The lowest BCUT2D eigenvalue weighted by atomic mass is 10.0. The van der Waals surface area contributed by atoms with Gasteiger partial charge in [0.2, 0.25) is 0 Å². The second-order valence-electron chi connectivity index (χ2n) is 8.75. The molecule has 1 fully saturated rings. The summed E-state index contributed by atoms with van der Waals surface area (Å²) in [5.41, 5.74) is 9.29. The first-order chi connectivity index (χ1) is 14.7. The molecule has 162 valence electrons.